The summed E-state index contributed by atoms with van der Waals surface area (Å²) in [6, 6.07) is 7.70. The summed E-state index contributed by atoms with van der Waals surface area (Å²) in [6.07, 6.45) is 3.31. The summed E-state index contributed by atoms with van der Waals surface area (Å²) in [4.78, 5) is 24.9. The molecule has 0 saturated heterocycles. The molecule has 0 aliphatic heterocycles. The van der Waals surface area contributed by atoms with Crippen molar-refractivity contribution in [3.8, 4) is 6.07 Å². The van der Waals surface area contributed by atoms with Gasteiger partial charge in [0.2, 0.25) is 0 Å². The summed E-state index contributed by atoms with van der Waals surface area (Å²) >= 11 is 1.49. The van der Waals surface area contributed by atoms with Gasteiger partial charge in [-0.05, 0) is 32.0 Å². The van der Waals surface area contributed by atoms with Crippen LogP contribution in [0.2, 0.25) is 0 Å². The van der Waals surface area contributed by atoms with Crippen molar-refractivity contribution in [2.24, 2.45) is 0 Å². The van der Waals surface area contributed by atoms with Gasteiger partial charge in [0.25, 0.3) is 5.91 Å². The van der Waals surface area contributed by atoms with E-state index in [0.29, 0.717) is 23.4 Å². The van der Waals surface area contributed by atoms with Crippen LogP contribution in [0.4, 0.5) is 5.69 Å². The molecule has 1 aromatic carbocycles. The fourth-order valence-electron chi connectivity index (χ4n) is 3.10. The van der Waals surface area contributed by atoms with Crippen molar-refractivity contribution < 1.29 is 4.79 Å². The Morgan fingerprint density at radius 1 is 1.36 bits per heavy atom. The van der Waals surface area contributed by atoms with Gasteiger partial charge in [0.05, 0.1) is 40.5 Å². The van der Waals surface area contributed by atoms with E-state index in [4.69, 9.17) is 5.26 Å². The Hall–Kier alpha value is -3.44. The number of carbonyl (C=O) groups is 1. The summed E-state index contributed by atoms with van der Waals surface area (Å²) in [5.74, 6) is -0.218. The molecule has 7 nitrogen and oxygen atoms in total. The van der Waals surface area contributed by atoms with Crippen molar-refractivity contribution in [3.63, 3.8) is 0 Å². The van der Waals surface area contributed by atoms with Gasteiger partial charge >= 0.3 is 0 Å². The van der Waals surface area contributed by atoms with E-state index in [9.17, 15) is 4.79 Å². The molecule has 0 fully saturated rings. The Bertz CT molecular complexity index is 1200. The number of hydrogen-bond donors (Lipinski definition) is 3. The molecule has 140 valence electrons. The molecule has 4 rings (SSSR count). The molecule has 1 amide bonds. The summed E-state index contributed by atoms with van der Waals surface area (Å²) < 4.78 is 0. The highest BCUT2D eigenvalue weighted by molar-refractivity contribution is 7.09. The van der Waals surface area contributed by atoms with E-state index in [1.54, 1.807) is 24.5 Å². The van der Waals surface area contributed by atoms with Crippen molar-refractivity contribution in [1.29, 1.82) is 5.26 Å². The highest BCUT2D eigenvalue weighted by Crippen LogP contribution is 2.32. The molecule has 3 N–H and O–H groups in total. The Morgan fingerprint density at radius 2 is 2.21 bits per heavy atom. The second-order valence-corrected chi connectivity index (χ2v) is 7.65. The van der Waals surface area contributed by atoms with Gasteiger partial charge < -0.3 is 15.6 Å². The van der Waals surface area contributed by atoms with Gasteiger partial charge in [0.15, 0.2) is 0 Å². The number of amides is 1. The Kier molecular flexibility index (Phi) is 4.67. The van der Waals surface area contributed by atoms with Gasteiger partial charge in [0.1, 0.15) is 5.01 Å². The maximum atomic E-state index is 12.8. The molecule has 0 bridgehead atoms. The summed E-state index contributed by atoms with van der Waals surface area (Å²) in [5.41, 5.74) is 4.06. The van der Waals surface area contributed by atoms with Crippen molar-refractivity contribution in [3.05, 3.63) is 52.1 Å². The van der Waals surface area contributed by atoms with Crippen LogP contribution in [0.1, 0.15) is 34.8 Å². The molecule has 28 heavy (non-hydrogen) atoms. The van der Waals surface area contributed by atoms with Gasteiger partial charge in [-0.3, -0.25) is 9.78 Å². The van der Waals surface area contributed by atoms with Crippen LogP contribution in [0.15, 0.2) is 36.0 Å². The summed E-state index contributed by atoms with van der Waals surface area (Å²) in [5, 5.41) is 19.1. The first-order valence-electron chi connectivity index (χ1n) is 8.84. The van der Waals surface area contributed by atoms with Gasteiger partial charge in [-0.1, -0.05) is 0 Å². The highest BCUT2D eigenvalue weighted by atomic mass is 32.1. The lowest BCUT2D eigenvalue weighted by molar-refractivity contribution is 0.0951. The molecule has 0 unspecified atom stereocenters. The maximum Gasteiger partial charge on any atom is 0.255 e. The van der Waals surface area contributed by atoms with Crippen LogP contribution < -0.4 is 10.6 Å². The Balaban J connectivity index is 1.80. The number of rotatable bonds is 5. The van der Waals surface area contributed by atoms with E-state index < -0.39 is 0 Å². The fraction of sp³-hybridized carbons (Fsp3) is 0.200. The monoisotopic (exact) mass is 390 g/mol. The van der Waals surface area contributed by atoms with Gasteiger partial charge in [-0.25, -0.2) is 4.98 Å². The molecule has 3 heterocycles. The van der Waals surface area contributed by atoms with Crippen LogP contribution in [0.25, 0.3) is 21.9 Å². The van der Waals surface area contributed by atoms with Crippen LogP contribution in [0.3, 0.4) is 0 Å². The van der Waals surface area contributed by atoms with Crippen LogP contribution >= 0.6 is 11.3 Å². The lowest BCUT2D eigenvalue weighted by atomic mass is 10.1. The zero-order valence-corrected chi connectivity index (χ0v) is 16.2. The standard InChI is InChI=1S/C20H18N6OS/c1-11(2)25-18-14(20(27)24-10-16-22-5-6-28-16)9-23-17-13-4-3-12(8-21)7-15(13)26-19(17)18/h3-7,9,11,26H,10H2,1-2H3,(H,23,25)(H,24,27). The molecule has 0 aliphatic rings. The number of nitrogens with one attached hydrogen (secondary N) is 3. The van der Waals surface area contributed by atoms with E-state index in [1.807, 2.05) is 25.3 Å². The Labute approximate surface area is 165 Å². The number of pyridine rings is 1. The number of H-pyrrole nitrogens is 1. The lowest BCUT2D eigenvalue weighted by Crippen LogP contribution is -2.25. The van der Waals surface area contributed by atoms with Crippen LogP contribution in [0, 0.1) is 11.3 Å². The number of thiazole rings is 1. The molecule has 0 saturated carbocycles. The summed E-state index contributed by atoms with van der Waals surface area (Å²) in [7, 11) is 0. The minimum Gasteiger partial charge on any atom is -0.380 e. The average molecular weight is 390 g/mol. The molecule has 4 aromatic rings. The average Bonchev–Trinajstić information content (AvgIpc) is 3.33. The first-order chi connectivity index (χ1) is 13.6. The van der Waals surface area contributed by atoms with Gasteiger partial charge in [-0.2, -0.15) is 5.26 Å². The van der Waals surface area contributed by atoms with E-state index >= 15 is 0 Å². The van der Waals surface area contributed by atoms with E-state index in [0.717, 1.165) is 26.9 Å². The van der Waals surface area contributed by atoms with Crippen molar-refractivity contribution in [1.82, 2.24) is 20.3 Å². The van der Waals surface area contributed by atoms with E-state index in [1.165, 1.54) is 11.3 Å². The molecular formula is C20H18N6OS. The third kappa shape index (κ3) is 3.28. The number of nitrogens with zero attached hydrogens (tertiary/aromatic N) is 3. The lowest BCUT2D eigenvalue weighted by Gasteiger charge is -2.15. The molecule has 0 atom stereocenters. The number of aromatic amines is 1. The number of benzene rings is 1. The molecule has 3 aromatic heterocycles. The minimum atomic E-state index is -0.218. The minimum absolute atomic E-state index is 0.122. The summed E-state index contributed by atoms with van der Waals surface area (Å²) in [6.45, 7) is 4.40. The third-order valence-corrected chi connectivity index (χ3v) is 5.08. The number of carbonyl (C=O) groups excluding carboxylic acids is 1. The van der Waals surface area contributed by atoms with Gasteiger partial charge in [-0.15, -0.1) is 11.3 Å². The van der Waals surface area contributed by atoms with Gasteiger partial charge in [0, 0.05) is 34.7 Å². The number of fused-ring (bicyclic) bond motifs is 3. The van der Waals surface area contributed by atoms with Crippen molar-refractivity contribution >= 4 is 44.9 Å². The van der Waals surface area contributed by atoms with E-state index in [-0.39, 0.29) is 11.9 Å². The zero-order chi connectivity index (χ0) is 19.7. The topological polar surface area (TPSA) is 106 Å². The predicted molar refractivity (Wildman–Crippen MR) is 110 cm³/mol. The van der Waals surface area contributed by atoms with Crippen LogP contribution in [-0.4, -0.2) is 26.9 Å². The quantitative estimate of drug-likeness (QED) is 0.481. The van der Waals surface area contributed by atoms with Crippen molar-refractivity contribution in [2.75, 3.05) is 5.32 Å². The molecular weight excluding hydrogens is 372 g/mol. The molecule has 0 spiro atoms. The second-order valence-electron chi connectivity index (χ2n) is 6.68. The smallest absolute Gasteiger partial charge is 0.255 e. The third-order valence-electron chi connectivity index (χ3n) is 4.30. The highest BCUT2D eigenvalue weighted by Gasteiger charge is 2.19. The number of aromatic nitrogens is 3. The largest absolute Gasteiger partial charge is 0.380 e. The van der Waals surface area contributed by atoms with Crippen molar-refractivity contribution in [2.45, 2.75) is 26.4 Å². The molecule has 0 radical (unpaired) electrons. The normalized spacial score (nSPS) is 11.1. The second kappa shape index (κ2) is 7.29. The maximum absolute atomic E-state index is 12.8. The molecule has 0 aliphatic carbocycles. The Morgan fingerprint density at radius 3 is 2.93 bits per heavy atom. The van der Waals surface area contributed by atoms with E-state index in [2.05, 4.69) is 31.7 Å². The van der Waals surface area contributed by atoms with Crippen LogP contribution in [0.5, 0.6) is 0 Å². The first kappa shape index (κ1) is 17.9. The number of nitriles is 1. The number of anilines is 1. The first-order valence-corrected chi connectivity index (χ1v) is 9.72. The zero-order valence-electron chi connectivity index (χ0n) is 15.4. The van der Waals surface area contributed by atoms with Crippen LogP contribution in [-0.2, 0) is 6.54 Å². The number of hydrogen-bond acceptors (Lipinski definition) is 6. The SMILES string of the molecule is CC(C)Nc1c(C(=O)NCc2nccs2)cnc2c1[nH]c1cc(C#N)ccc12. The molecule has 8 heteroatoms. The fourth-order valence-corrected chi connectivity index (χ4v) is 3.65. The predicted octanol–water partition coefficient (Wildman–Crippen LogP) is 3.79.